The molecule has 0 bridgehead atoms. The molecule has 16 heavy (non-hydrogen) atoms. The number of quaternary nitrogens is 1. The molecule has 2 heteroatoms. The van der Waals surface area contributed by atoms with Gasteiger partial charge in [-0.2, -0.15) is 0 Å². The average molecular weight is 246 g/mol. The zero-order valence-corrected chi connectivity index (χ0v) is 11.7. The van der Waals surface area contributed by atoms with Crippen molar-refractivity contribution in [2.45, 2.75) is 64.8 Å². The van der Waals surface area contributed by atoms with Crippen LogP contribution in [0.1, 0.15) is 58.8 Å². The Labute approximate surface area is 107 Å². The van der Waals surface area contributed by atoms with Gasteiger partial charge in [0, 0.05) is 6.42 Å². The van der Waals surface area contributed by atoms with Gasteiger partial charge in [-0.25, -0.2) is 0 Å². The van der Waals surface area contributed by atoms with Gasteiger partial charge in [0.05, 0.1) is 0 Å². The summed E-state index contributed by atoms with van der Waals surface area (Å²) in [7, 11) is 0. The molecule has 0 heterocycles. The minimum atomic E-state index is 0. The second-order valence-electron chi connectivity index (χ2n) is 5.56. The molecule has 1 rings (SSSR count). The van der Waals surface area contributed by atoms with Gasteiger partial charge in [-0.05, 0) is 24.3 Å². The van der Waals surface area contributed by atoms with Gasteiger partial charge in [-0.3, -0.25) is 0 Å². The predicted molar refractivity (Wildman–Crippen MR) is 66.5 cm³/mol. The van der Waals surface area contributed by atoms with Gasteiger partial charge in [0.1, 0.15) is 6.04 Å². The molecule has 1 aliphatic carbocycles. The summed E-state index contributed by atoms with van der Waals surface area (Å²) in [6, 6.07) is 0.548. The summed E-state index contributed by atoms with van der Waals surface area (Å²) in [6.45, 7) is 4.53. The van der Waals surface area contributed by atoms with Crippen LogP contribution in [-0.4, -0.2) is 6.04 Å². The molecule has 0 amide bonds. The summed E-state index contributed by atoms with van der Waals surface area (Å²) in [5.74, 6) is 1.74. The summed E-state index contributed by atoms with van der Waals surface area (Å²) in [5, 5.41) is 0. The number of hydrogen-bond donors (Lipinski definition) is 1. The van der Waals surface area contributed by atoms with Crippen LogP contribution >= 0.6 is 0 Å². The van der Waals surface area contributed by atoms with Gasteiger partial charge < -0.3 is 18.1 Å². The molecular weight excluding hydrogens is 218 g/mol. The third kappa shape index (κ3) is 7.29. The lowest BCUT2D eigenvalue weighted by Gasteiger charge is -2.21. The topological polar surface area (TPSA) is 27.6 Å². The van der Waals surface area contributed by atoms with E-state index in [0.29, 0.717) is 6.04 Å². The first-order chi connectivity index (χ1) is 7.18. The highest BCUT2D eigenvalue weighted by atomic mass is 35.5. The first-order valence-electron chi connectivity index (χ1n) is 6.68. The van der Waals surface area contributed by atoms with E-state index in [1.165, 1.54) is 44.9 Å². The molecule has 0 unspecified atom stereocenters. The molecule has 1 aliphatic rings. The van der Waals surface area contributed by atoms with Crippen LogP contribution in [0.15, 0.2) is 12.2 Å². The van der Waals surface area contributed by atoms with Crippen molar-refractivity contribution in [2.24, 2.45) is 11.8 Å². The molecule has 1 nitrogen and oxygen atoms in total. The van der Waals surface area contributed by atoms with E-state index in [1.807, 2.05) is 0 Å². The third-order valence-electron chi connectivity index (χ3n) is 3.38. The fourth-order valence-corrected chi connectivity index (χ4v) is 2.47. The van der Waals surface area contributed by atoms with Crippen LogP contribution < -0.4 is 18.1 Å². The van der Waals surface area contributed by atoms with Crippen molar-refractivity contribution in [2.75, 3.05) is 0 Å². The van der Waals surface area contributed by atoms with E-state index in [1.54, 1.807) is 0 Å². The highest BCUT2D eigenvalue weighted by Gasteiger charge is 2.16. The van der Waals surface area contributed by atoms with E-state index in [-0.39, 0.29) is 12.4 Å². The lowest BCUT2D eigenvalue weighted by atomic mass is 9.85. The fourth-order valence-electron chi connectivity index (χ4n) is 2.47. The Morgan fingerprint density at radius 2 is 1.81 bits per heavy atom. The van der Waals surface area contributed by atoms with E-state index in [0.717, 1.165) is 11.8 Å². The third-order valence-corrected chi connectivity index (χ3v) is 3.38. The van der Waals surface area contributed by atoms with Gasteiger partial charge in [-0.15, -0.1) is 0 Å². The number of halogens is 1. The Morgan fingerprint density at radius 3 is 2.38 bits per heavy atom. The molecule has 1 fully saturated rings. The molecule has 0 aromatic rings. The van der Waals surface area contributed by atoms with Crippen LogP contribution in [-0.2, 0) is 0 Å². The van der Waals surface area contributed by atoms with Gasteiger partial charge in [0.25, 0.3) is 0 Å². The molecule has 0 aliphatic heterocycles. The van der Waals surface area contributed by atoms with Crippen LogP contribution in [0, 0.1) is 11.8 Å². The van der Waals surface area contributed by atoms with E-state index in [2.05, 4.69) is 31.7 Å². The molecule has 1 saturated carbocycles. The lowest BCUT2D eigenvalue weighted by molar-refractivity contribution is -0.406. The summed E-state index contributed by atoms with van der Waals surface area (Å²) < 4.78 is 0. The van der Waals surface area contributed by atoms with Crippen molar-refractivity contribution < 1.29 is 18.1 Å². The average Bonchev–Trinajstić information content (AvgIpc) is 2.18. The molecule has 96 valence electrons. The Morgan fingerprint density at radius 1 is 1.19 bits per heavy atom. The second kappa shape index (κ2) is 9.07. The van der Waals surface area contributed by atoms with Gasteiger partial charge in [0.2, 0.25) is 0 Å². The molecular formula is C14H28ClN. The number of hydrogen-bond acceptors (Lipinski definition) is 0. The van der Waals surface area contributed by atoms with Crippen molar-refractivity contribution in [1.82, 2.24) is 0 Å². The number of rotatable bonds is 5. The van der Waals surface area contributed by atoms with Crippen LogP contribution in [0.25, 0.3) is 0 Å². The zero-order chi connectivity index (χ0) is 11.1. The summed E-state index contributed by atoms with van der Waals surface area (Å²) >= 11 is 0. The minimum absolute atomic E-state index is 0. The maximum Gasteiger partial charge on any atom is 0.103 e. The smallest absolute Gasteiger partial charge is 0.103 e. The van der Waals surface area contributed by atoms with Crippen LogP contribution in [0.5, 0.6) is 0 Å². The fraction of sp³-hybridized carbons (Fsp3) is 0.857. The molecule has 1 atom stereocenters. The quantitative estimate of drug-likeness (QED) is 0.670. The highest BCUT2D eigenvalue weighted by Crippen LogP contribution is 2.26. The standard InChI is InChI=1S/C14H27N.ClH/c1-12(2)7-6-10-14(15)11-13-8-4-3-5-9-13;/h6,10,12-14H,3-5,7-9,11,15H2,1-2H3;1H/b10-6-;/t14-;/m1./s1. The molecule has 0 radical (unpaired) electrons. The molecule has 0 aromatic heterocycles. The van der Waals surface area contributed by atoms with E-state index in [4.69, 9.17) is 0 Å². The first kappa shape index (κ1) is 16.0. The van der Waals surface area contributed by atoms with Crippen LogP contribution in [0.3, 0.4) is 0 Å². The second-order valence-corrected chi connectivity index (χ2v) is 5.56. The Kier molecular flexibility index (Phi) is 9.06. The van der Waals surface area contributed by atoms with Crippen molar-refractivity contribution in [3.63, 3.8) is 0 Å². The van der Waals surface area contributed by atoms with Crippen molar-refractivity contribution in [1.29, 1.82) is 0 Å². The van der Waals surface area contributed by atoms with Crippen LogP contribution in [0.2, 0.25) is 0 Å². The minimum Gasteiger partial charge on any atom is -1.00 e. The molecule has 0 aromatic carbocycles. The molecule has 3 N–H and O–H groups in total. The van der Waals surface area contributed by atoms with E-state index >= 15 is 0 Å². The maximum absolute atomic E-state index is 4.24. The normalized spacial score (nSPS) is 20.0. The van der Waals surface area contributed by atoms with Crippen molar-refractivity contribution >= 4 is 0 Å². The van der Waals surface area contributed by atoms with Gasteiger partial charge in [-0.1, -0.05) is 52.0 Å². The molecule has 0 spiro atoms. The maximum atomic E-state index is 4.24. The first-order valence-corrected chi connectivity index (χ1v) is 6.68. The van der Waals surface area contributed by atoms with E-state index < -0.39 is 0 Å². The lowest BCUT2D eigenvalue weighted by Crippen LogP contribution is -3.00. The molecule has 0 saturated heterocycles. The Bertz CT molecular complexity index is 183. The largest absolute Gasteiger partial charge is 1.00 e. The van der Waals surface area contributed by atoms with Crippen molar-refractivity contribution in [3.05, 3.63) is 12.2 Å². The Hall–Kier alpha value is -0.0100. The summed E-state index contributed by atoms with van der Waals surface area (Å²) in [4.78, 5) is 0. The summed E-state index contributed by atoms with van der Waals surface area (Å²) in [6.07, 6.45) is 14.4. The Balaban J connectivity index is 0.00000225. The van der Waals surface area contributed by atoms with Gasteiger partial charge in [0.15, 0.2) is 0 Å². The monoisotopic (exact) mass is 245 g/mol. The SMILES string of the molecule is CC(C)C/C=C\[C@@H]([NH3+])CC1CCCCC1.[Cl-]. The van der Waals surface area contributed by atoms with Crippen molar-refractivity contribution in [3.8, 4) is 0 Å². The zero-order valence-electron chi connectivity index (χ0n) is 10.9. The van der Waals surface area contributed by atoms with Crippen LogP contribution in [0.4, 0.5) is 0 Å². The number of allylic oxidation sites excluding steroid dienone is 1. The van der Waals surface area contributed by atoms with E-state index in [9.17, 15) is 0 Å². The highest BCUT2D eigenvalue weighted by molar-refractivity contribution is 4.89. The predicted octanol–water partition coefficient (Wildman–Crippen LogP) is 0.174. The van der Waals surface area contributed by atoms with Gasteiger partial charge >= 0.3 is 0 Å². The summed E-state index contributed by atoms with van der Waals surface area (Å²) in [5.41, 5.74) is 4.24.